The summed E-state index contributed by atoms with van der Waals surface area (Å²) in [5, 5.41) is 5.58. The summed E-state index contributed by atoms with van der Waals surface area (Å²) in [4.78, 5) is 22.9. The molecule has 7 nitrogen and oxygen atoms in total. The second-order valence-corrected chi connectivity index (χ2v) is 7.72. The lowest BCUT2D eigenvalue weighted by atomic mass is 10.2. The number of sulfonamides is 1. The molecule has 0 atom stereocenters. The maximum atomic E-state index is 12.3. The average Bonchev–Trinajstić information content (AvgIpc) is 3.17. The number of hydrogen-bond donors (Lipinski definition) is 2. The molecular formula is C17H15N3O4S2. The van der Waals surface area contributed by atoms with Gasteiger partial charge in [0.05, 0.1) is 12.0 Å². The summed E-state index contributed by atoms with van der Waals surface area (Å²) in [6.07, 6.45) is 1.74. The van der Waals surface area contributed by atoms with Crippen LogP contribution in [0.1, 0.15) is 10.4 Å². The summed E-state index contributed by atoms with van der Waals surface area (Å²) in [7, 11) is -2.54. The first-order valence-electron chi connectivity index (χ1n) is 7.46. The Labute approximate surface area is 154 Å². The lowest BCUT2D eigenvalue weighted by Gasteiger charge is -2.07. The first-order chi connectivity index (χ1) is 12.5. The van der Waals surface area contributed by atoms with Crippen molar-refractivity contribution < 1.29 is 18.0 Å². The molecule has 9 heteroatoms. The van der Waals surface area contributed by atoms with E-state index in [-0.39, 0.29) is 10.8 Å². The Morgan fingerprint density at radius 2 is 1.77 bits per heavy atom. The SMILES string of the molecule is CONS(=O)(=O)c1ccc(C(=O)Nc2ccc(-c3nccs3)cc2)cc1. The first-order valence-corrected chi connectivity index (χ1v) is 9.82. The molecule has 0 saturated carbocycles. The van der Waals surface area contributed by atoms with Crippen LogP contribution < -0.4 is 10.2 Å². The highest BCUT2D eigenvalue weighted by Crippen LogP contribution is 2.23. The van der Waals surface area contributed by atoms with Gasteiger partial charge in [-0.15, -0.1) is 11.3 Å². The van der Waals surface area contributed by atoms with Crippen LogP contribution in [-0.2, 0) is 14.9 Å². The topological polar surface area (TPSA) is 97.4 Å². The summed E-state index contributed by atoms with van der Waals surface area (Å²) >= 11 is 1.54. The van der Waals surface area contributed by atoms with Crippen LogP contribution in [-0.4, -0.2) is 26.4 Å². The fourth-order valence-electron chi connectivity index (χ4n) is 2.21. The monoisotopic (exact) mass is 389 g/mol. The number of benzene rings is 2. The lowest BCUT2D eigenvalue weighted by Crippen LogP contribution is -2.22. The van der Waals surface area contributed by atoms with Crippen LogP contribution in [0.2, 0.25) is 0 Å². The molecule has 0 saturated heterocycles. The minimum Gasteiger partial charge on any atom is -0.322 e. The fraction of sp³-hybridized carbons (Fsp3) is 0.0588. The molecule has 0 fully saturated rings. The number of anilines is 1. The van der Waals surface area contributed by atoms with Gasteiger partial charge >= 0.3 is 0 Å². The van der Waals surface area contributed by atoms with E-state index < -0.39 is 10.0 Å². The first kappa shape index (κ1) is 18.2. The van der Waals surface area contributed by atoms with E-state index in [1.165, 1.54) is 42.7 Å². The van der Waals surface area contributed by atoms with Crippen molar-refractivity contribution in [1.82, 2.24) is 9.87 Å². The molecule has 0 unspecified atom stereocenters. The van der Waals surface area contributed by atoms with Gasteiger partial charge in [-0.25, -0.2) is 13.4 Å². The van der Waals surface area contributed by atoms with Gasteiger partial charge < -0.3 is 5.32 Å². The zero-order valence-electron chi connectivity index (χ0n) is 13.7. The number of thiazole rings is 1. The zero-order chi connectivity index (χ0) is 18.6. The quantitative estimate of drug-likeness (QED) is 0.632. The van der Waals surface area contributed by atoms with E-state index in [0.717, 1.165) is 10.6 Å². The molecule has 134 valence electrons. The summed E-state index contributed by atoms with van der Waals surface area (Å²) < 4.78 is 23.6. The predicted molar refractivity (Wildman–Crippen MR) is 99.3 cm³/mol. The predicted octanol–water partition coefficient (Wildman–Crippen LogP) is 2.90. The minimum atomic E-state index is -3.75. The Balaban J connectivity index is 1.70. The Bertz CT molecular complexity index is 984. The smallest absolute Gasteiger partial charge is 0.262 e. The highest BCUT2D eigenvalue weighted by atomic mass is 32.2. The summed E-state index contributed by atoms with van der Waals surface area (Å²) in [5.41, 5.74) is 1.94. The van der Waals surface area contributed by atoms with Gasteiger partial charge in [0.25, 0.3) is 15.9 Å². The number of rotatable bonds is 6. The molecule has 1 heterocycles. The number of carbonyl (C=O) groups excluding carboxylic acids is 1. The van der Waals surface area contributed by atoms with Gasteiger partial charge in [-0.2, -0.15) is 0 Å². The van der Waals surface area contributed by atoms with E-state index in [4.69, 9.17) is 0 Å². The van der Waals surface area contributed by atoms with Crippen molar-refractivity contribution in [3.8, 4) is 10.6 Å². The number of aromatic nitrogens is 1. The molecule has 0 aliphatic rings. The van der Waals surface area contributed by atoms with Crippen LogP contribution in [0.25, 0.3) is 10.6 Å². The van der Waals surface area contributed by atoms with Crippen molar-refractivity contribution in [3.05, 3.63) is 65.7 Å². The molecule has 2 aromatic carbocycles. The third-order valence-corrected chi connectivity index (χ3v) is 5.54. The number of hydrogen-bond acceptors (Lipinski definition) is 6. The number of carbonyl (C=O) groups is 1. The van der Waals surface area contributed by atoms with Crippen LogP contribution in [0.5, 0.6) is 0 Å². The van der Waals surface area contributed by atoms with Crippen molar-refractivity contribution in [1.29, 1.82) is 0 Å². The second kappa shape index (κ2) is 7.75. The lowest BCUT2D eigenvalue weighted by molar-refractivity contribution is 0.102. The van der Waals surface area contributed by atoms with E-state index in [1.54, 1.807) is 18.3 Å². The molecule has 1 amide bonds. The van der Waals surface area contributed by atoms with Crippen molar-refractivity contribution in [2.24, 2.45) is 0 Å². The van der Waals surface area contributed by atoms with Crippen LogP contribution >= 0.6 is 11.3 Å². The summed E-state index contributed by atoms with van der Waals surface area (Å²) in [6.45, 7) is 0. The molecule has 3 rings (SSSR count). The summed E-state index contributed by atoms with van der Waals surface area (Å²) in [6, 6.07) is 12.9. The van der Waals surface area contributed by atoms with E-state index in [0.29, 0.717) is 11.3 Å². The standard InChI is InChI=1S/C17H15N3O4S2/c1-24-20-26(22,23)15-8-4-12(5-9-15)16(21)19-14-6-2-13(3-7-14)17-18-10-11-25-17/h2-11,20H,1H3,(H,19,21). The third-order valence-electron chi connectivity index (χ3n) is 3.44. The number of nitrogens with one attached hydrogen (secondary N) is 2. The molecule has 2 N–H and O–H groups in total. The highest BCUT2D eigenvalue weighted by Gasteiger charge is 2.14. The Morgan fingerprint density at radius 3 is 2.35 bits per heavy atom. The Hall–Kier alpha value is -2.59. The molecule has 0 radical (unpaired) electrons. The van der Waals surface area contributed by atoms with Crippen LogP contribution in [0.3, 0.4) is 0 Å². The van der Waals surface area contributed by atoms with E-state index >= 15 is 0 Å². The van der Waals surface area contributed by atoms with Gasteiger partial charge in [0, 0.05) is 28.4 Å². The van der Waals surface area contributed by atoms with Crippen LogP contribution in [0.4, 0.5) is 5.69 Å². The summed E-state index contributed by atoms with van der Waals surface area (Å²) in [5.74, 6) is -0.337. The van der Waals surface area contributed by atoms with E-state index in [2.05, 4.69) is 15.1 Å². The molecule has 0 spiro atoms. The van der Waals surface area contributed by atoms with Gasteiger partial charge in [-0.3, -0.25) is 9.63 Å². The zero-order valence-corrected chi connectivity index (χ0v) is 15.3. The van der Waals surface area contributed by atoms with Crippen molar-refractivity contribution in [2.45, 2.75) is 4.90 Å². The molecule has 1 aromatic heterocycles. The average molecular weight is 389 g/mol. The maximum Gasteiger partial charge on any atom is 0.262 e. The van der Waals surface area contributed by atoms with Crippen LogP contribution in [0.15, 0.2) is 65.0 Å². The van der Waals surface area contributed by atoms with Crippen LogP contribution in [0, 0.1) is 0 Å². The molecule has 0 aliphatic heterocycles. The molecule has 3 aromatic rings. The second-order valence-electron chi connectivity index (χ2n) is 5.18. The van der Waals surface area contributed by atoms with E-state index in [9.17, 15) is 13.2 Å². The maximum absolute atomic E-state index is 12.3. The molecular weight excluding hydrogens is 374 g/mol. The fourth-order valence-corrected chi connectivity index (χ4v) is 3.66. The third kappa shape index (κ3) is 4.14. The molecule has 26 heavy (non-hydrogen) atoms. The van der Waals surface area contributed by atoms with E-state index in [1.807, 2.05) is 22.4 Å². The van der Waals surface area contributed by atoms with Crippen molar-refractivity contribution in [3.63, 3.8) is 0 Å². The molecule has 0 bridgehead atoms. The highest BCUT2D eigenvalue weighted by molar-refractivity contribution is 7.89. The largest absolute Gasteiger partial charge is 0.322 e. The van der Waals surface area contributed by atoms with Gasteiger partial charge in [0.1, 0.15) is 5.01 Å². The normalized spacial score (nSPS) is 11.3. The molecule has 0 aliphatic carbocycles. The van der Waals surface area contributed by atoms with Crippen molar-refractivity contribution >= 4 is 33.0 Å². The number of amides is 1. The van der Waals surface area contributed by atoms with Gasteiger partial charge in [0.2, 0.25) is 0 Å². The van der Waals surface area contributed by atoms with Crippen molar-refractivity contribution in [2.75, 3.05) is 12.4 Å². The minimum absolute atomic E-state index is 0.00343. The Kier molecular flexibility index (Phi) is 5.43. The Morgan fingerprint density at radius 1 is 1.08 bits per heavy atom. The number of nitrogens with zero attached hydrogens (tertiary/aromatic N) is 1. The van der Waals surface area contributed by atoms with Gasteiger partial charge in [0.15, 0.2) is 0 Å². The van der Waals surface area contributed by atoms with Gasteiger partial charge in [-0.1, -0.05) is 4.89 Å². The van der Waals surface area contributed by atoms with Gasteiger partial charge in [-0.05, 0) is 48.5 Å².